The summed E-state index contributed by atoms with van der Waals surface area (Å²) in [5, 5.41) is 0. The van der Waals surface area contributed by atoms with Crippen molar-refractivity contribution in [2.45, 2.75) is 76.6 Å². The fourth-order valence-electron chi connectivity index (χ4n) is 4.46. The molecule has 0 radical (unpaired) electrons. The molecule has 0 aromatic carbocycles. The van der Waals surface area contributed by atoms with E-state index in [1.165, 1.54) is 0 Å². The quantitative estimate of drug-likeness (QED) is 0.551. The smallest absolute Gasteiger partial charge is 0.334 e. The molecule has 1 heterocycles. The number of fused-ring (bicyclic) bond motifs is 1. The number of hydrogen-bond acceptors (Lipinski definition) is 5. The average molecular weight is 362 g/mol. The van der Waals surface area contributed by atoms with Gasteiger partial charge in [-0.1, -0.05) is 18.2 Å². The summed E-state index contributed by atoms with van der Waals surface area (Å²) >= 11 is 0. The Bertz CT molecular complexity index is 585. The number of carbonyl (C=O) groups is 2. The minimum absolute atomic E-state index is 0.0716. The van der Waals surface area contributed by atoms with Gasteiger partial charge in [-0.25, -0.2) is 4.79 Å². The van der Waals surface area contributed by atoms with E-state index >= 15 is 0 Å². The Morgan fingerprint density at radius 1 is 1.19 bits per heavy atom. The van der Waals surface area contributed by atoms with Crippen LogP contribution in [0.25, 0.3) is 0 Å². The number of carbonyl (C=O) groups excluding carboxylic acids is 2. The van der Waals surface area contributed by atoms with Gasteiger partial charge in [0.1, 0.15) is 12.2 Å². The van der Waals surface area contributed by atoms with Crippen LogP contribution in [0.5, 0.6) is 0 Å². The second kappa shape index (κ2) is 8.38. The third-order valence-corrected chi connectivity index (χ3v) is 5.87. The number of esters is 2. The van der Waals surface area contributed by atoms with E-state index in [0.29, 0.717) is 6.10 Å². The molecule has 3 aliphatic rings. The van der Waals surface area contributed by atoms with Gasteiger partial charge in [-0.2, -0.15) is 0 Å². The van der Waals surface area contributed by atoms with Gasteiger partial charge in [-0.05, 0) is 57.8 Å². The van der Waals surface area contributed by atoms with Crippen LogP contribution in [0.1, 0.15) is 58.3 Å². The molecule has 5 nitrogen and oxygen atoms in total. The number of methoxy groups -OCH3 is 1. The summed E-state index contributed by atoms with van der Waals surface area (Å²) < 4.78 is 16.8. The average Bonchev–Trinajstić information content (AvgIpc) is 2.61. The van der Waals surface area contributed by atoms with Crippen LogP contribution >= 0.6 is 0 Å². The van der Waals surface area contributed by atoms with Crippen molar-refractivity contribution in [3.05, 3.63) is 23.8 Å². The first kappa shape index (κ1) is 19.2. The van der Waals surface area contributed by atoms with Crippen LogP contribution in [0.4, 0.5) is 0 Å². The maximum atomic E-state index is 12.5. The first-order valence-corrected chi connectivity index (χ1v) is 9.75. The molecule has 2 saturated carbocycles. The van der Waals surface area contributed by atoms with Crippen LogP contribution in [0.2, 0.25) is 0 Å². The van der Waals surface area contributed by atoms with Gasteiger partial charge in [0, 0.05) is 18.6 Å². The molecule has 0 saturated heterocycles. The van der Waals surface area contributed by atoms with Gasteiger partial charge in [0.25, 0.3) is 0 Å². The molecule has 2 fully saturated rings. The summed E-state index contributed by atoms with van der Waals surface area (Å²) in [6, 6.07) is 0. The van der Waals surface area contributed by atoms with Crippen molar-refractivity contribution in [2.24, 2.45) is 11.8 Å². The van der Waals surface area contributed by atoms with E-state index in [4.69, 9.17) is 14.2 Å². The van der Waals surface area contributed by atoms with Gasteiger partial charge in [-0.15, -0.1) is 0 Å². The second-order valence-electron chi connectivity index (χ2n) is 8.00. The Kier molecular flexibility index (Phi) is 6.17. The van der Waals surface area contributed by atoms with Gasteiger partial charge in [0.15, 0.2) is 0 Å². The van der Waals surface area contributed by atoms with Crippen molar-refractivity contribution in [1.82, 2.24) is 0 Å². The largest absolute Gasteiger partial charge is 0.462 e. The fraction of sp³-hybridized carbons (Fsp3) is 0.714. The van der Waals surface area contributed by atoms with E-state index in [0.717, 1.165) is 56.1 Å². The molecule has 0 aromatic rings. The Morgan fingerprint density at radius 3 is 2.54 bits per heavy atom. The van der Waals surface area contributed by atoms with Gasteiger partial charge in [-0.3, -0.25) is 4.79 Å². The molecule has 0 amide bonds. The first-order valence-electron chi connectivity index (χ1n) is 9.75. The summed E-state index contributed by atoms with van der Waals surface area (Å²) in [6.45, 7) is 5.58. The lowest BCUT2D eigenvalue weighted by Gasteiger charge is -2.39. The first-order chi connectivity index (χ1) is 12.5. The maximum Gasteiger partial charge on any atom is 0.334 e. The Labute approximate surface area is 155 Å². The lowest BCUT2D eigenvalue weighted by molar-refractivity contribution is -0.160. The number of rotatable bonds is 5. The SMILES string of the molecule is C=C(C)CC(=O)OC1CCC2OC(=O)C(C3CCC(OC)CC3)=CC2C1. The van der Waals surface area contributed by atoms with Crippen molar-refractivity contribution in [1.29, 1.82) is 0 Å². The van der Waals surface area contributed by atoms with Gasteiger partial charge in [0.05, 0.1) is 12.5 Å². The van der Waals surface area contributed by atoms with E-state index in [2.05, 4.69) is 12.7 Å². The highest BCUT2D eigenvalue weighted by Gasteiger charge is 2.40. The normalized spacial score (nSPS) is 34.3. The number of ether oxygens (including phenoxy) is 3. The topological polar surface area (TPSA) is 61.8 Å². The molecule has 0 aromatic heterocycles. The zero-order valence-corrected chi connectivity index (χ0v) is 15.9. The van der Waals surface area contributed by atoms with Crippen LogP contribution in [-0.2, 0) is 23.8 Å². The van der Waals surface area contributed by atoms with Gasteiger partial charge in [0.2, 0.25) is 0 Å². The predicted octanol–water partition coefficient (Wildman–Crippen LogP) is 3.72. The predicted molar refractivity (Wildman–Crippen MR) is 97.4 cm³/mol. The van der Waals surface area contributed by atoms with Crippen LogP contribution in [0.3, 0.4) is 0 Å². The van der Waals surface area contributed by atoms with Gasteiger partial charge >= 0.3 is 11.9 Å². The van der Waals surface area contributed by atoms with Crippen LogP contribution < -0.4 is 0 Å². The molecule has 0 N–H and O–H groups in total. The summed E-state index contributed by atoms with van der Waals surface area (Å²) in [5.41, 5.74) is 1.64. The summed E-state index contributed by atoms with van der Waals surface area (Å²) in [4.78, 5) is 24.4. The highest BCUT2D eigenvalue weighted by atomic mass is 16.6. The lowest BCUT2D eigenvalue weighted by atomic mass is 9.76. The van der Waals surface area contributed by atoms with E-state index in [1.807, 2.05) is 6.92 Å². The lowest BCUT2D eigenvalue weighted by Crippen LogP contribution is -2.41. The molecular weight excluding hydrogens is 332 g/mol. The summed E-state index contributed by atoms with van der Waals surface area (Å²) in [6.07, 6.45) is 8.67. The molecule has 26 heavy (non-hydrogen) atoms. The fourth-order valence-corrected chi connectivity index (χ4v) is 4.46. The molecule has 5 heteroatoms. The van der Waals surface area contributed by atoms with Crippen LogP contribution in [0, 0.1) is 11.8 Å². The van der Waals surface area contributed by atoms with Crippen LogP contribution in [-0.4, -0.2) is 37.4 Å². The van der Waals surface area contributed by atoms with Crippen molar-refractivity contribution in [3.63, 3.8) is 0 Å². The van der Waals surface area contributed by atoms with E-state index in [9.17, 15) is 9.59 Å². The third-order valence-electron chi connectivity index (χ3n) is 5.87. The highest BCUT2D eigenvalue weighted by Crippen LogP contribution is 2.39. The summed E-state index contributed by atoms with van der Waals surface area (Å²) in [5.74, 6) is 0.0566. The minimum atomic E-state index is -0.212. The van der Waals surface area contributed by atoms with Crippen molar-refractivity contribution >= 4 is 11.9 Å². The zero-order chi connectivity index (χ0) is 18.7. The Balaban J connectivity index is 1.62. The van der Waals surface area contributed by atoms with Crippen molar-refractivity contribution in [2.75, 3.05) is 7.11 Å². The standard InChI is InChI=1S/C21H30O5/c1-13(2)10-20(22)25-17-8-9-19-15(11-17)12-18(21(23)26-19)14-4-6-16(24-3)7-5-14/h12,14-17,19H,1,4-11H2,2-3H3. The molecular formula is C21H30O5. The molecule has 0 bridgehead atoms. The minimum Gasteiger partial charge on any atom is -0.462 e. The van der Waals surface area contributed by atoms with E-state index in [1.54, 1.807) is 7.11 Å². The number of hydrogen-bond donors (Lipinski definition) is 0. The maximum absolute atomic E-state index is 12.5. The highest BCUT2D eigenvalue weighted by molar-refractivity contribution is 5.90. The van der Waals surface area contributed by atoms with Crippen LogP contribution in [0.15, 0.2) is 23.8 Å². The van der Waals surface area contributed by atoms with E-state index in [-0.39, 0.29) is 42.4 Å². The molecule has 3 unspecified atom stereocenters. The Morgan fingerprint density at radius 2 is 1.88 bits per heavy atom. The second-order valence-corrected chi connectivity index (χ2v) is 8.00. The molecule has 1 aliphatic heterocycles. The zero-order valence-electron chi connectivity index (χ0n) is 15.9. The van der Waals surface area contributed by atoms with E-state index < -0.39 is 0 Å². The third kappa shape index (κ3) is 4.56. The monoisotopic (exact) mass is 362 g/mol. The molecule has 0 spiro atoms. The van der Waals surface area contributed by atoms with Crippen molar-refractivity contribution < 1.29 is 23.8 Å². The molecule has 2 aliphatic carbocycles. The molecule has 3 atom stereocenters. The Hall–Kier alpha value is -1.62. The van der Waals surface area contributed by atoms with Gasteiger partial charge < -0.3 is 14.2 Å². The summed E-state index contributed by atoms with van der Waals surface area (Å²) in [7, 11) is 1.75. The molecule has 3 rings (SSSR count). The van der Waals surface area contributed by atoms with Crippen molar-refractivity contribution in [3.8, 4) is 0 Å². The molecule has 144 valence electrons.